The second kappa shape index (κ2) is 8.94. The second-order valence-corrected chi connectivity index (χ2v) is 8.40. The molecule has 0 radical (unpaired) electrons. The second-order valence-electron chi connectivity index (χ2n) is 7.12. The van der Waals surface area contributed by atoms with Gasteiger partial charge in [-0.25, -0.2) is 0 Å². The lowest BCUT2D eigenvalue weighted by molar-refractivity contribution is 0.0781. The van der Waals surface area contributed by atoms with Crippen molar-refractivity contribution in [2.75, 3.05) is 40.1 Å². The molecule has 1 aliphatic rings. The lowest BCUT2D eigenvalue weighted by Gasteiger charge is -2.37. The average molecular weight is 368 g/mol. The summed E-state index contributed by atoms with van der Waals surface area (Å²) in [6.45, 7) is 7.79. The van der Waals surface area contributed by atoms with E-state index in [1.807, 2.05) is 30.5 Å². The van der Waals surface area contributed by atoms with E-state index < -0.39 is 0 Å². The molecule has 1 aliphatic heterocycles. The predicted octanol–water partition coefficient (Wildman–Crippen LogP) is 2.46. The topological polar surface area (TPSA) is 54.7 Å². The third-order valence-corrected chi connectivity index (χ3v) is 6.29. The van der Waals surface area contributed by atoms with Crippen LogP contribution in [0.2, 0.25) is 0 Å². The first-order valence-corrected chi connectivity index (χ1v) is 10.2. The smallest absolute Gasteiger partial charge is 0.193 e. The van der Waals surface area contributed by atoms with Crippen LogP contribution in [0.4, 0.5) is 0 Å². The van der Waals surface area contributed by atoms with Gasteiger partial charge in [-0.05, 0) is 25.0 Å². The quantitative estimate of drug-likeness (QED) is 0.618. The van der Waals surface area contributed by atoms with Crippen LogP contribution >= 0.6 is 11.8 Å². The zero-order valence-electron chi connectivity index (χ0n) is 16.5. The highest BCUT2D eigenvalue weighted by Crippen LogP contribution is 2.33. The summed E-state index contributed by atoms with van der Waals surface area (Å²) in [5.74, 6) is 1.35. The minimum atomic E-state index is 0.242. The fraction of sp³-hybridized carbons (Fsp3) is 0.778. The van der Waals surface area contributed by atoms with Crippen molar-refractivity contribution >= 4 is 17.7 Å². The molecule has 0 atom stereocenters. The molecule has 1 aromatic heterocycles. The van der Waals surface area contributed by atoms with Gasteiger partial charge in [-0.15, -0.1) is 0 Å². The van der Waals surface area contributed by atoms with Crippen LogP contribution in [0.15, 0.2) is 11.2 Å². The summed E-state index contributed by atoms with van der Waals surface area (Å²) in [6, 6.07) is 0. The Morgan fingerprint density at radius 2 is 2.16 bits per heavy atom. The van der Waals surface area contributed by atoms with Crippen LogP contribution in [0.25, 0.3) is 0 Å². The number of guanidine groups is 1. The highest BCUT2D eigenvalue weighted by Gasteiger charge is 2.32. The van der Waals surface area contributed by atoms with Crippen molar-refractivity contribution in [2.24, 2.45) is 12.0 Å². The Bertz CT molecular complexity index is 578. The van der Waals surface area contributed by atoms with Gasteiger partial charge < -0.3 is 15.0 Å². The van der Waals surface area contributed by atoms with E-state index >= 15 is 0 Å². The lowest BCUT2D eigenvalue weighted by Crippen LogP contribution is -2.48. The maximum absolute atomic E-state index is 5.53. The Hall–Kier alpha value is -1.21. The summed E-state index contributed by atoms with van der Waals surface area (Å²) in [4.78, 5) is 6.66. The monoisotopic (exact) mass is 367 g/mol. The van der Waals surface area contributed by atoms with Gasteiger partial charge in [0.1, 0.15) is 0 Å². The zero-order chi connectivity index (χ0) is 18.4. The maximum atomic E-state index is 5.53. The minimum Gasteiger partial charge on any atom is -0.381 e. The number of aliphatic imine (C=N–C) groups is 1. The largest absolute Gasteiger partial charge is 0.381 e. The van der Waals surface area contributed by atoms with E-state index in [0.29, 0.717) is 5.92 Å². The molecule has 0 aromatic carbocycles. The summed E-state index contributed by atoms with van der Waals surface area (Å²) < 4.78 is 7.68. The summed E-state index contributed by atoms with van der Waals surface area (Å²) in [6.07, 6.45) is 6.48. The van der Waals surface area contributed by atoms with Crippen LogP contribution in [0.5, 0.6) is 0 Å². The Morgan fingerprint density at radius 3 is 2.72 bits per heavy atom. The molecule has 0 amide bonds. The molecule has 6 nitrogen and oxygen atoms in total. The Kier molecular flexibility index (Phi) is 7.19. The Labute approximate surface area is 156 Å². The first-order chi connectivity index (χ1) is 11.9. The van der Waals surface area contributed by atoms with Crippen LogP contribution in [0, 0.1) is 0 Å². The van der Waals surface area contributed by atoms with E-state index in [2.05, 4.69) is 53.7 Å². The summed E-state index contributed by atoms with van der Waals surface area (Å²) >= 11 is 1.94. The van der Waals surface area contributed by atoms with E-state index in [1.165, 1.54) is 5.56 Å². The lowest BCUT2D eigenvalue weighted by atomic mass is 9.99. The van der Waals surface area contributed by atoms with Gasteiger partial charge >= 0.3 is 0 Å². The summed E-state index contributed by atoms with van der Waals surface area (Å²) in [5, 5.41) is 8.18. The highest BCUT2D eigenvalue weighted by molar-refractivity contribution is 8.00. The zero-order valence-corrected chi connectivity index (χ0v) is 17.3. The number of rotatable bonds is 6. The van der Waals surface area contributed by atoms with Crippen LogP contribution < -0.4 is 5.32 Å². The average Bonchev–Trinajstić information content (AvgIpc) is 2.97. The molecule has 142 valence electrons. The van der Waals surface area contributed by atoms with Gasteiger partial charge in [0.25, 0.3) is 0 Å². The van der Waals surface area contributed by atoms with E-state index in [4.69, 9.17) is 4.74 Å². The SMILES string of the molecule is CN=C(NCC1(SC)CCOCC1)N(C)Cc1cn(C)nc1C(C)C. The molecule has 0 unspecified atom stereocenters. The number of aryl methyl sites for hydroxylation is 1. The molecule has 0 spiro atoms. The number of nitrogens with zero attached hydrogens (tertiary/aromatic N) is 4. The molecular weight excluding hydrogens is 334 g/mol. The van der Waals surface area contributed by atoms with E-state index in [9.17, 15) is 0 Å². The van der Waals surface area contributed by atoms with Gasteiger partial charge in [-0.2, -0.15) is 16.9 Å². The van der Waals surface area contributed by atoms with Crippen LogP contribution in [0.3, 0.4) is 0 Å². The van der Waals surface area contributed by atoms with E-state index in [1.54, 1.807) is 0 Å². The molecule has 2 rings (SSSR count). The number of hydrogen-bond acceptors (Lipinski definition) is 4. The fourth-order valence-corrected chi connectivity index (χ4v) is 4.11. The third-order valence-electron chi connectivity index (χ3n) is 4.87. The van der Waals surface area contributed by atoms with Gasteiger partial charge in [0.15, 0.2) is 5.96 Å². The highest BCUT2D eigenvalue weighted by atomic mass is 32.2. The molecular formula is C18H33N5OS. The van der Waals surface area contributed by atoms with Crippen molar-refractivity contribution in [2.45, 2.75) is 43.9 Å². The van der Waals surface area contributed by atoms with Crippen molar-refractivity contribution < 1.29 is 4.74 Å². The molecule has 0 bridgehead atoms. The summed E-state index contributed by atoms with van der Waals surface area (Å²) in [5.41, 5.74) is 2.42. The maximum Gasteiger partial charge on any atom is 0.193 e. The van der Waals surface area contributed by atoms with Gasteiger partial charge in [-0.3, -0.25) is 9.67 Å². The van der Waals surface area contributed by atoms with Crippen molar-refractivity contribution in [1.29, 1.82) is 0 Å². The van der Waals surface area contributed by atoms with Crippen LogP contribution in [-0.2, 0) is 18.3 Å². The molecule has 2 heterocycles. The Balaban J connectivity index is 2.00. The molecule has 0 saturated carbocycles. The van der Waals surface area contributed by atoms with Crippen molar-refractivity contribution in [1.82, 2.24) is 20.0 Å². The first-order valence-electron chi connectivity index (χ1n) is 8.98. The van der Waals surface area contributed by atoms with Gasteiger partial charge in [-0.1, -0.05) is 13.8 Å². The van der Waals surface area contributed by atoms with Crippen LogP contribution in [0.1, 0.15) is 43.9 Å². The molecule has 7 heteroatoms. The standard InChI is InChI=1S/C18H33N5OS/c1-14(2)16-15(12-23(5)21-16)11-22(4)17(19-3)20-13-18(25-6)7-9-24-10-8-18/h12,14H,7-11,13H2,1-6H3,(H,19,20). The van der Waals surface area contributed by atoms with Crippen molar-refractivity contribution in [3.63, 3.8) is 0 Å². The van der Waals surface area contributed by atoms with E-state index in [-0.39, 0.29) is 4.75 Å². The van der Waals surface area contributed by atoms with Gasteiger partial charge in [0.2, 0.25) is 0 Å². The molecule has 1 fully saturated rings. The predicted molar refractivity (Wildman–Crippen MR) is 106 cm³/mol. The fourth-order valence-electron chi connectivity index (χ4n) is 3.31. The van der Waals surface area contributed by atoms with Crippen LogP contribution in [-0.4, -0.2) is 65.5 Å². The molecule has 0 aliphatic carbocycles. The normalized spacial score (nSPS) is 17.8. The molecule has 1 aromatic rings. The van der Waals surface area contributed by atoms with Crippen molar-refractivity contribution in [3.8, 4) is 0 Å². The molecule has 1 N–H and O–H groups in total. The minimum absolute atomic E-state index is 0.242. The van der Waals surface area contributed by atoms with Gasteiger partial charge in [0.05, 0.1) is 5.69 Å². The summed E-state index contributed by atoms with van der Waals surface area (Å²) in [7, 11) is 5.92. The van der Waals surface area contributed by atoms with Crippen molar-refractivity contribution in [3.05, 3.63) is 17.5 Å². The third kappa shape index (κ3) is 5.14. The number of aromatic nitrogens is 2. The number of hydrogen-bond donors (Lipinski definition) is 1. The first kappa shape index (κ1) is 20.1. The number of nitrogens with one attached hydrogen (secondary N) is 1. The number of ether oxygens (including phenoxy) is 1. The van der Waals surface area contributed by atoms with E-state index in [0.717, 1.165) is 50.8 Å². The molecule has 25 heavy (non-hydrogen) atoms. The number of thioether (sulfide) groups is 1. The van der Waals surface area contributed by atoms with Gasteiger partial charge in [0, 0.05) is 64.0 Å². The molecule has 1 saturated heterocycles. The Morgan fingerprint density at radius 1 is 1.48 bits per heavy atom.